The van der Waals surface area contributed by atoms with Crippen LogP contribution in [0.3, 0.4) is 0 Å². The molecule has 0 aliphatic carbocycles. The molecular weight excluding hydrogens is 1220 g/mol. The summed E-state index contributed by atoms with van der Waals surface area (Å²) < 4.78 is 473. The third-order valence-corrected chi connectivity index (χ3v) is 13.2. The van der Waals surface area contributed by atoms with Crippen LogP contribution in [0.5, 0.6) is 0 Å². The maximum atomic E-state index is 14.2. The van der Waals surface area contributed by atoms with Crippen LogP contribution in [0.4, 0.5) is 149 Å². The lowest BCUT2D eigenvalue weighted by atomic mass is 9.88. The predicted octanol–water partition coefficient (Wildman–Crippen LogP) is 19.0. The highest BCUT2D eigenvalue weighted by Gasteiger charge is 2.97. The largest absolute Gasteiger partial charge is 0.460 e. The van der Waals surface area contributed by atoms with Crippen LogP contribution in [0.15, 0.2) is 82.6 Å². The molecule has 2 rings (SSSR count). The Morgan fingerprint density at radius 1 is 0.287 bits per heavy atom. The minimum atomic E-state index is -8.74. The lowest BCUT2D eigenvalue weighted by molar-refractivity contribution is -0.461. The van der Waals surface area contributed by atoms with Gasteiger partial charge >= 0.3 is 95.3 Å². The average Bonchev–Trinajstić information content (AvgIpc) is 3.31. The van der Waals surface area contributed by atoms with Crippen LogP contribution in [0.25, 0.3) is 0 Å². The van der Waals surface area contributed by atoms with Crippen LogP contribution in [-0.4, -0.2) is 99.5 Å². The fourth-order valence-electron chi connectivity index (χ4n) is 6.76. The second-order valence-electron chi connectivity index (χ2n) is 17.3. The summed E-state index contributed by atoms with van der Waals surface area (Å²) in [6.07, 6.45) is -20.7. The zero-order chi connectivity index (χ0) is 62.9. The van der Waals surface area contributed by atoms with Gasteiger partial charge in [0.1, 0.15) is 0 Å². The van der Waals surface area contributed by atoms with Crippen molar-refractivity contribution in [3.63, 3.8) is 0 Å². The van der Waals surface area contributed by atoms with Crippen LogP contribution in [0.2, 0.25) is 0 Å². The van der Waals surface area contributed by atoms with Gasteiger partial charge in [-0.2, -0.15) is 149 Å². The first-order chi connectivity index (χ1) is 35.6. The van der Waals surface area contributed by atoms with Crippen LogP contribution in [0, 0.1) is 0 Å². The topological polar surface area (TPSA) is 17.1 Å². The zero-order valence-corrected chi connectivity index (χ0v) is 39.9. The van der Waals surface area contributed by atoms with Gasteiger partial charge in [0.05, 0.1) is 10.8 Å². The Morgan fingerprint density at radius 3 is 0.787 bits per heavy atom. The number of allylic oxidation sites excluding steroid dienone is 4. The van der Waals surface area contributed by atoms with Gasteiger partial charge in [0.25, 0.3) is 0 Å². The third kappa shape index (κ3) is 12.6. The number of hydrogen-bond acceptors (Lipinski definition) is 1. The maximum Gasteiger partial charge on any atom is 0.460 e. The van der Waals surface area contributed by atoms with E-state index in [9.17, 15) is 153 Å². The predicted molar refractivity (Wildman–Crippen MR) is 211 cm³/mol. The smallest absolute Gasteiger partial charge is 0.249 e. The SMILES string of the molecule is O=S(c1ccccc1C/C=C/CCCCCC(F)(F)C(F)(F)C(F)(F)C(F)(F)C(F)(F)C(F)(F)C(F)(F)C(F)(F)F)c1ccccc1C/C=C/CCCCCC(F)(F)C(F)(F)C(F)(F)C(F)(F)C(F)(F)C(F)(F)C(F)(F)C(F)(F)F. The molecule has 0 aliphatic heterocycles. The van der Waals surface area contributed by atoms with Crippen molar-refractivity contribution in [1.29, 1.82) is 0 Å². The average molecular weight is 1260 g/mol. The highest BCUT2D eigenvalue weighted by molar-refractivity contribution is 7.85. The van der Waals surface area contributed by atoms with E-state index in [1.807, 2.05) is 0 Å². The summed E-state index contributed by atoms with van der Waals surface area (Å²) in [6, 6.07) is 11.4. The van der Waals surface area contributed by atoms with E-state index in [1.165, 1.54) is 72.8 Å². The van der Waals surface area contributed by atoms with E-state index in [2.05, 4.69) is 0 Å². The molecule has 462 valence electrons. The Balaban J connectivity index is 2.04. The zero-order valence-electron chi connectivity index (χ0n) is 39.1. The molecule has 0 unspecified atom stereocenters. The number of unbranched alkanes of at least 4 members (excludes halogenated alkanes) is 6. The van der Waals surface area contributed by atoms with Crippen LogP contribution in [0.1, 0.15) is 75.3 Å². The molecule has 0 fully saturated rings. The summed E-state index contributed by atoms with van der Waals surface area (Å²) in [5.41, 5.74) is 0.673. The Hall–Kier alpha value is -4.31. The van der Waals surface area contributed by atoms with E-state index in [0.717, 1.165) is 0 Å². The van der Waals surface area contributed by atoms with E-state index < -0.39 is 145 Å². The molecule has 36 heteroatoms. The number of benzene rings is 2. The molecule has 2 aromatic carbocycles. The van der Waals surface area contributed by atoms with Crippen molar-refractivity contribution < 1.29 is 153 Å². The Bertz CT molecular complexity index is 2280. The Kier molecular flexibility index (Phi) is 21.3. The Morgan fingerprint density at radius 2 is 0.525 bits per heavy atom. The molecule has 0 aliphatic rings. The Labute approximate surface area is 430 Å². The van der Waals surface area contributed by atoms with Crippen molar-refractivity contribution in [2.75, 3.05) is 0 Å². The quantitative estimate of drug-likeness (QED) is 0.0433. The molecule has 0 saturated carbocycles. The van der Waals surface area contributed by atoms with Gasteiger partial charge in [-0.05, 0) is 74.6 Å². The highest BCUT2D eigenvalue weighted by atomic mass is 32.2. The number of alkyl halides is 34. The summed E-state index contributed by atoms with van der Waals surface area (Å²) >= 11 is 0. The first-order valence-corrected chi connectivity index (χ1v) is 23.0. The lowest BCUT2D eigenvalue weighted by Gasteiger charge is -2.42. The summed E-state index contributed by atoms with van der Waals surface area (Å²) in [6.45, 7) is 0. The molecule has 1 nitrogen and oxygen atoms in total. The first-order valence-electron chi connectivity index (χ1n) is 21.9. The monoisotopic (exact) mass is 1260 g/mol. The van der Waals surface area contributed by atoms with Crippen molar-refractivity contribution in [2.24, 2.45) is 0 Å². The van der Waals surface area contributed by atoms with Crippen molar-refractivity contribution in [3.05, 3.63) is 84.0 Å². The summed E-state index contributed by atoms with van der Waals surface area (Å²) in [7, 11) is -2.03. The molecule has 0 atom stereocenters. The molecule has 0 radical (unpaired) electrons. The molecule has 0 heterocycles. The number of rotatable bonds is 30. The molecular formula is C44H36F34OS. The summed E-state index contributed by atoms with van der Waals surface area (Å²) in [5, 5.41) is 0. The molecule has 2 aromatic rings. The van der Waals surface area contributed by atoms with Gasteiger partial charge in [-0.15, -0.1) is 0 Å². The molecule has 0 amide bonds. The lowest BCUT2D eigenvalue weighted by Crippen LogP contribution is -2.74. The van der Waals surface area contributed by atoms with Gasteiger partial charge in [0.15, 0.2) is 0 Å². The van der Waals surface area contributed by atoms with E-state index >= 15 is 0 Å². The summed E-state index contributed by atoms with van der Waals surface area (Å²) in [5.74, 6) is -114. The van der Waals surface area contributed by atoms with E-state index in [4.69, 9.17) is 0 Å². The van der Waals surface area contributed by atoms with Crippen molar-refractivity contribution in [2.45, 2.75) is 182 Å². The second kappa shape index (κ2) is 23.7. The van der Waals surface area contributed by atoms with Crippen molar-refractivity contribution >= 4 is 10.8 Å². The highest BCUT2D eigenvalue weighted by Crippen LogP contribution is 2.66. The van der Waals surface area contributed by atoms with E-state index in [-0.39, 0.29) is 48.3 Å². The van der Waals surface area contributed by atoms with Gasteiger partial charge < -0.3 is 0 Å². The number of halogens is 34. The van der Waals surface area contributed by atoms with Crippen LogP contribution >= 0.6 is 0 Å². The van der Waals surface area contributed by atoms with Gasteiger partial charge in [-0.3, -0.25) is 0 Å². The van der Waals surface area contributed by atoms with Crippen molar-refractivity contribution in [1.82, 2.24) is 0 Å². The van der Waals surface area contributed by atoms with Crippen LogP contribution < -0.4 is 0 Å². The standard InChI is InChI=1S/C44H36F34OS/c45-29(46,31(49,50)33(53,54)35(57,58)37(61,62)39(65,66)41(69,70)43(73,74)75)23-15-7-3-1-5-9-17-25-19-11-13-21-27(25)80(79)28-22-14-12-20-26(28)18-10-6-2-4-8-16-24-30(47,48)32(51,52)34(55,56)36(59,60)38(63,64)40(67,68)42(71,72)44(76,77)78/h5-6,9-14,19-22H,1-4,7-8,15-18,23-24H2/b9-5+,10-6+. The molecule has 0 spiro atoms. The van der Waals surface area contributed by atoms with Gasteiger partial charge in [-0.1, -0.05) is 73.5 Å². The fraction of sp³-hybridized carbons (Fsp3) is 0.636. The molecule has 0 saturated heterocycles. The first kappa shape index (κ1) is 71.8. The van der Waals surface area contributed by atoms with E-state index in [0.29, 0.717) is 11.1 Å². The summed E-state index contributed by atoms with van der Waals surface area (Å²) in [4.78, 5) is 0.293. The minimum Gasteiger partial charge on any atom is -0.249 e. The second-order valence-corrected chi connectivity index (χ2v) is 18.7. The number of hydrogen-bond donors (Lipinski definition) is 0. The fourth-order valence-corrected chi connectivity index (χ4v) is 8.18. The minimum absolute atomic E-state index is 0.0731. The molecule has 80 heavy (non-hydrogen) atoms. The maximum absolute atomic E-state index is 14.2. The van der Waals surface area contributed by atoms with Gasteiger partial charge in [0.2, 0.25) is 0 Å². The van der Waals surface area contributed by atoms with Crippen molar-refractivity contribution in [3.8, 4) is 0 Å². The van der Waals surface area contributed by atoms with Gasteiger partial charge in [0, 0.05) is 22.6 Å². The third-order valence-electron chi connectivity index (χ3n) is 11.7. The molecule has 0 bridgehead atoms. The van der Waals surface area contributed by atoms with Gasteiger partial charge in [-0.25, -0.2) is 4.21 Å². The van der Waals surface area contributed by atoms with Crippen LogP contribution in [-0.2, 0) is 23.6 Å². The molecule has 0 aromatic heterocycles. The van der Waals surface area contributed by atoms with E-state index in [1.54, 1.807) is 0 Å². The molecule has 0 N–H and O–H groups in total. The normalized spacial score (nSPS) is 15.5.